The highest BCUT2D eigenvalue weighted by atomic mass is 16.2. The quantitative estimate of drug-likeness (QED) is 0.833. The van der Waals surface area contributed by atoms with E-state index in [9.17, 15) is 4.79 Å². The summed E-state index contributed by atoms with van der Waals surface area (Å²) < 4.78 is 0. The van der Waals surface area contributed by atoms with Gasteiger partial charge >= 0.3 is 0 Å². The SMILES string of the molecule is CN(C)C(=O)CC1CC2(CCN(Cc3cccnc3)CC2)c2ccccc21. The van der Waals surface area contributed by atoms with Crippen LogP contribution < -0.4 is 0 Å². The molecule has 1 atom stereocenters. The number of pyridine rings is 1. The molecule has 2 aromatic rings. The van der Waals surface area contributed by atoms with Crippen LogP contribution in [0.4, 0.5) is 0 Å². The zero-order chi connectivity index (χ0) is 18.9. The van der Waals surface area contributed by atoms with E-state index in [0.717, 1.165) is 26.1 Å². The molecule has 1 unspecified atom stereocenters. The van der Waals surface area contributed by atoms with Crippen LogP contribution >= 0.6 is 0 Å². The number of nitrogens with zero attached hydrogens (tertiary/aromatic N) is 3. The summed E-state index contributed by atoms with van der Waals surface area (Å²) in [7, 11) is 3.71. The Morgan fingerprint density at radius 1 is 1.19 bits per heavy atom. The van der Waals surface area contributed by atoms with Gasteiger partial charge in [0.25, 0.3) is 0 Å². The molecule has 1 spiro atoms. The largest absolute Gasteiger partial charge is 0.349 e. The van der Waals surface area contributed by atoms with Gasteiger partial charge in [0.1, 0.15) is 0 Å². The number of piperidine rings is 1. The Morgan fingerprint density at radius 2 is 1.96 bits per heavy atom. The number of fused-ring (bicyclic) bond motifs is 2. The number of hydrogen-bond acceptors (Lipinski definition) is 3. The van der Waals surface area contributed by atoms with Crippen molar-refractivity contribution in [3.63, 3.8) is 0 Å². The molecule has 2 heterocycles. The Bertz CT molecular complexity index is 794. The van der Waals surface area contributed by atoms with Crippen molar-refractivity contribution in [2.24, 2.45) is 0 Å². The van der Waals surface area contributed by atoms with Crippen LogP contribution in [0.15, 0.2) is 48.8 Å². The molecule has 1 aromatic carbocycles. The predicted octanol–water partition coefficient (Wildman–Crippen LogP) is 3.58. The summed E-state index contributed by atoms with van der Waals surface area (Å²) >= 11 is 0. The predicted molar refractivity (Wildman–Crippen MR) is 108 cm³/mol. The van der Waals surface area contributed by atoms with Crippen molar-refractivity contribution >= 4 is 5.91 Å². The monoisotopic (exact) mass is 363 g/mol. The number of carbonyl (C=O) groups is 1. The summed E-state index contributed by atoms with van der Waals surface area (Å²) in [5.41, 5.74) is 4.45. The van der Waals surface area contributed by atoms with Crippen LogP contribution in [0, 0.1) is 0 Å². The van der Waals surface area contributed by atoms with Gasteiger partial charge in [0, 0.05) is 39.5 Å². The van der Waals surface area contributed by atoms with Crippen LogP contribution in [-0.2, 0) is 16.8 Å². The van der Waals surface area contributed by atoms with Crippen LogP contribution in [0.5, 0.6) is 0 Å². The minimum atomic E-state index is 0.237. The van der Waals surface area contributed by atoms with Crippen molar-refractivity contribution in [2.45, 2.75) is 43.6 Å². The summed E-state index contributed by atoms with van der Waals surface area (Å²) in [5.74, 6) is 0.599. The van der Waals surface area contributed by atoms with Gasteiger partial charge in [-0.3, -0.25) is 14.7 Å². The zero-order valence-electron chi connectivity index (χ0n) is 16.4. The molecule has 0 N–H and O–H groups in total. The molecule has 1 aliphatic carbocycles. The minimum Gasteiger partial charge on any atom is -0.349 e. The van der Waals surface area contributed by atoms with Crippen molar-refractivity contribution in [3.8, 4) is 0 Å². The maximum absolute atomic E-state index is 12.3. The first-order valence-corrected chi connectivity index (χ1v) is 9.98. The van der Waals surface area contributed by atoms with E-state index in [2.05, 4.69) is 40.2 Å². The van der Waals surface area contributed by atoms with Crippen molar-refractivity contribution in [3.05, 3.63) is 65.5 Å². The fourth-order valence-electron chi connectivity index (χ4n) is 4.97. The van der Waals surface area contributed by atoms with E-state index in [-0.39, 0.29) is 11.3 Å². The molecule has 1 amide bonds. The molecule has 4 rings (SSSR count). The van der Waals surface area contributed by atoms with Gasteiger partial charge in [-0.05, 0) is 66.4 Å². The third kappa shape index (κ3) is 3.63. The maximum atomic E-state index is 12.3. The molecule has 1 fully saturated rings. The Morgan fingerprint density at radius 3 is 2.67 bits per heavy atom. The van der Waals surface area contributed by atoms with E-state index in [1.807, 2.05) is 32.6 Å². The highest BCUT2D eigenvalue weighted by Crippen LogP contribution is 2.52. The molecule has 0 bridgehead atoms. The number of rotatable bonds is 4. The zero-order valence-corrected chi connectivity index (χ0v) is 16.4. The van der Waals surface area contributed by atoms with E-state index in [1.54, 1.807) is 4.90 Å². The summed E-state index contributed by atoms with van der Waals surface area (Å²) in [6.45, 7) is 3.20. The number of hydrogen-bond donors (Lipinski definition) is 0. The Hall–Kier alpha value is -2.20. The molecule has 1 aromatic heterocycles. The topological polar surface area (TPSA) is 36.4 Å². The number of amides is 1. The van der Waals surface area contributed by atoms with Gasteiger partial charge in [0.15, 0.2) is 0 Å². The second kappa shape index (κ2) is 7.43. The van der Waals surface area contributed by atoms with Crippen molar-refractivity contribution < 1.29 is 4.79 Å². The average molecular weight is 364 g/mol. The second-order valence-corrected chi connectivity index (χ2v) is 8.40. The van der Waals surface area contributed by atoms with Crippen LogP contribution in [0.25, 0.3) is 0 Å². The van der Waals surface area contributed by atoms with Gasteiger partial charge in [-0.15, -0.1) is 0 Å². The third-order valence-corrected chi connectivity index (χ3v) is 6.47. The van der Waals surface area contributed by atoms with Gasteiger partial charge in [0.2, 0.25) is 5.91 Å². The highest BCUT2D eigenvalue weighted by molar-refractivity contribution is 5.77. The fraction of sp³-hybridized carbons (Fsp3) is 0.478. The lowest BCUT2D eigenvalue weighted by Gasteiger charge is -2.40. The Labute approximate surface area is 162 Å². The molecule has 0 saturated carbocycles. The summed E-state index contributed by atoms with van der Waals surface area (Å²) in [6, 6.07) is 13.0. The van der Waals surface area contributed by atoms with Gasteiger partial charge in [-0.25, -0.2) is 0 Å². The van der Waals surface area contributed by atoms with Gasteiger partial charge in [-0.1, -0.05) is 30.3 Å². The maximum Gasteiger partial charge on any atom is 0.222 e. The third-order valence-electron chi connectivity index (χ3n) is 6.47. The number of carbonyl (C=O) groups excluding carboxylic acids is 1. The van der Waals surface area contributed by atoms with E-state index in [0.29, 0.717) is 12.3 Å². The van der Waals surface area contributed by atoms with Crippen LogP contribution in [-0.4, -0.2) is 47.9 Å². The molecular formula is C23H29N3O. The number of aromatic nitrogens is 1. The molecule has 142 valence electrons. The van der Waals surface area contributed by atoms with Gasteiger partial charge < -0.3 is 4.90 Å². The molecule has 4 nitrogen and oxygen atoms in total. The molecular weight excluding hydrogens is 334 g/mol. The van der Waals surface area contributed by atoms with E-state index in [4.69, 9.17) is 0 Å². The van der Waals surface area contributed by atoms with Crippen molar-refractivity contribution in [2.75, 3.05) is 27.2 Å². The van der Waals surface area contributed by atoms with Crippen LogP contribution in [0.3, 0.4) is 0 Å². The molecule has 1 aliphatic heterocycles. The van der Waals surface area contributed by atoms with Gasteiger partial charge in [-0.2, -0.15) is 0 Å². The Kier molecular flexibility index (Phi) is 5.00. The highest BCUT2D eigenvalue weighted by Gasteiger charge is 2.45. The lowest BCUT2D eigenvalue weighted by atomic mass is 9.73. The van der Waals surface area contributed by atoms with E-state index >= 15 is 0 Å². The van der Waals surface area contributed by atoms with Gasteiger partial charge in [0.05, 0.1) is 0 Å². The first-order chi connectivity index (χ1) is 13.1. The fourth-order valence-corrected chi connectivity index (χ4v) is 4.97. The summed E-state index contributed by atoms with van der Waals surface area (Å²) in [6.07, 6.45) is 7.91. The summed E-state index contributed by atoms with van der Waals surface area (Å²) in [4.78, 5) is 20.9. The molecule has 4 heteroatoms. The van der Waals surface area contributed by atoms with Crippen molar-refractivity contribution in [1.82, 2.24) is 14.8 Å². The standard InChI is InChI=1S/C23H29N3O/c1-25(2)22(27)14-19-15-23(21-8-4-3-7-20(19)21)9-12-26(13-10-23)17-18-6-5-11-24-16-18/h3-8,11,16,19H,9-10,12-15,17H2,1-2H3. The van der Waals surface area contributed by atoms with E-state index in [1.165, 1.54) is 29.5 Å². The van der Waals surface area contributed by atoms with Crippen LogP contribution in [0.2, 0.25) is 0 Å². The smallest absolute Gasteiger partial charge is 0.222 e. The number of likely N-dealkylation sites (tertiary alicyclic amines) is 1. The molecule has 0 radical (unpaired) electrons. The van der Waals surface area contributed by atoms with Crippen molar-refractivity contribution in [1.29, 1.82) is 0 Å². The average Bonchev–Trinajstić information content (AvgIpc) is 2.98. The first kappa shape index (κ1) is 18.2. The molecule has 2 aliphatic rings. The Balaban J connectivity index is 1.48. The first-order valence-electron chi connectivity index (χ1n) is 9.98. The van der Waals surface area contributed by atoms with Crippen LogP contribution in [0.1, 0.15) is 48.3 Å². The lowest BCUT2D eigenvalue weighted by molar-refractivity contribution is -0.129. The van der Waals surface area contributed by atoms with E-state index < -0.39 is 0 Å². The normalized spacial score (nSPS) is 21.2. The molecule has 1 saturated heterocycles. The minimum absolute atomic E-state index is 0.237. The second-order valence-electron chi connectivity index (χ2n) is 8.40. The number of benzene rings is 1. The molecule has 27 heavy (non-hydrogen) atoms. The summed E-state index contributed by atoms with van der Waals surface area (Å²) in [5, 5.41) is 0. The lowest BCUT2D eigenvalue weighted by Crippen LogP contribution is -2.41.